The number of ether oxygens (including phenoxy) is 1. The van der Waals surface area contributed by atoms with Crippen LogP contribution in [0.2, 0.25) is 0 Å². The van der Waals surface area contributed by atoms with Crippen LogP contribution in [0.3, 0.4) is 0 Å². The predicted octanol–water partition coefficient (Wildman–Crippen LogP) is 1.08. The topological polar surface area (TPSA) is 86.1 Å². The van der Waals surface area contributed by atoms with Gasteiger partial charge in [-0.25, -0.2) is 4.68 Å². The van der Waals surface area contributed by atoms with Gasteiger partial charge in [0.25, 0.3) is 0 Å². The average molecular weight is 274 g/mol. The molecule has 7 heteroatoms. The van der Waals surface area contributed by atoms with Gasteiger partial charge in [-0.1, -0.05) is 0 Å². The highest BCUT2D eigenvalue weighted by Crippen LogP contribution is 2.21. The van der Waals surface area contributed by atoms with Crippen LogP contribution in [0.25, 0.3) is 11.3 Å². The lowest BCUT2D eigenvalue weighted by molar-refractivity contribution is -0.141. The summed E-state index contributed by atoms with van der Waals surface area (Å²) in [6.45, 7) is 1.31. The number of amides is 1. The van der Waals surface area contributed by atoms with Gasteiger partial charge in [0, 0.05) is 30.9 Å². The van der Waals surface area contributed by atoms with Crippen molar-refractivity contribution >= 4 is 17.7 Å². The van der Waals surface area contributed by atoms with Gasteiger partial charge in [-0.15, -0.1) is 0 Å². The van der Waals surface area contributed by atoms with E-state index in [1.807, 2.05) is 6.07 Å². The Kier molecular flexibility index (Phi) is 4.09. The molecule has 1 N–H and O–H groups in total. The summed E-state index contributed by atoms with van der Waals surface area (Å²) in [5, 5.41) is 6.91. The minimum absolute atomic E-state index is 0.0770. The molecular weight excluding hydrogens is 260 g/mol. The van der Waals surface area contributed by atoms with Gasteiger partial charge in [-0.2, -0.15) is 5.10 Å². The smallest absolute Gasteiger partial charge is 0.327 e. The number of esters is 1. The fraction of sp³-hybridized carbons (Fsp3) is 0.231. The highest BCUT2D eigenvalue weighted by Gasteiger charge is 2.13. The van der Waals surface area contributed by atoms with Crippen molar-refractivity contribution in [3.8, 4) is 11.3 Å². The number of rotatable bonds is 4. The van der Waals surface area contributed by atoms with Crippen LogP contribution in [-0.4, -0.2) is 33.8 Å². The van der Waals surface area contributed by atoms with Crippen LogP contribution < -0.4 is 5.32 Å². The number of nitrogens with one attached hydrogen (secondary N) is 1. The molecule has 0 spiro atoms. The molecule has 20 heavy (non-hydrogen) atoms. The van der Waals surface area contributed by atoms with E-state index < -0.39 is 5.97 Å². The molecule has 0 aliphatic carbocycles. The average Bonchev–Trinajstić information content (AvgIpc) is 2.82. The minimum Gasteiger partial charge on any atom is -0.468 e. The van der Waals surface area contributed by atoms with E-state index in [4.69, 9.17) is 0 Å². The SMILES string of the molecule is COC(=O)Cn1nc(-c2cccnc2)cc1NC(C)=O. The summed E-state index contributed by atoms with van der Waals surface area (Å²) in [5.74, 6) is -0.257. The summed E-state index contributed by atoms with van der Waals surface area (Å²) in [7, 11) is 1.30. The maximum absolute atomic E-state index is 11.4. The highest BCUT2D eigenvalue weighted by molar-refractivity contribution is 5.88. The quantitative estimate of drug-likeness (QED) is 0.843. The standard InChI is InChI=1S/C13H14N4O3/c1-9(18)15-12-6-11(10-4-3-5-14-7-10)16-17(12)8-13(19)20-2/h3-7H,8H2,1-2H3,(H,15,18). The molecule has 2 aromatic heterocycles. The normalized spacial score (nSPS) is 10.1. The lowest BCUT2D eigenvalue weighted by atomic mass is 10.2. The van der Waals surface area contributed by atoms with E-state index in [0.29, 0.717) is 11.5 Å². The van der Waals surface area contributed by atoms with Gasteiger partial charge in [0.1, 0.15) is 12.4 Å². The van der Waals surface area contributed by atoms with Crippen LogP contribution in [0.4, 0.5) is 5.82 Å². The van der Waals surface area contributed by atoms with E-state index in [0.717, 1.165) is 5.56 Å². The van der Waals surface area contributed by atoms with Crippen molar-refractivity contribution in [3.63, 3.8) is 0 Å². The molecule has 0 saturated heterocycles. The Bertz CT molecular complexity index is 622. The lowest BCUT2D eigenvalue weighted by Gasteiger charge is -2.05. The zero-order valence-electron chi connectivity index (χ0n) is 11.2. The van der Waals surface area contributed by atoms with Crippen molar-refractivity contribution in [3.05, 3.63) is 30.6 Å². The number of carbonyl (C=O) groups is 2. The molecule has 0 aromatic carbocycles. The van der Waals surface area contributed by atoms with E-state index in [-0.39, 0.29) is 12.5 Å². The second-order valence-corrected chi connectivity index (χ2v) is 4.07. The largest absolute Gasteiger partial charge is 0.468 e. The first-order valence-corrected chi connectivity index (χ1v) is 5.93. The Labute approximate surface area is 115 Å². The van der Waals surface area contributed by atoms with Crippen molar-refractivity contribution in [2.75, 3.05) is 12.4 Å². The molecule has 0 aliphatic heterocycles. The molecule has 0 aliphatic rings. The Morgan fingerprint density at radius 3 is 2.85 bits per heavy atom. The Balaban J connectivity index is 2.36. The molecule has 2 rings (SSSR count). The highest BCUT2D eigenvalue weighted by atomic mass is 16.5. The third-order valence-corrected chi connectivity index (χ3v) is 2.55. The number of aromatic nitrogens is 3. The number of anilines is 1. The van der Waals surface area contributed by atoms with Crippen LogP contribution >= 0.6 is 0 Å². The van der Waals surface area contributed by atoms with Crippen molar-refractivity contribution < 1.29 is 14.3 Å². The van der Waals surface area contributed by atoms with E-state index in [9.17, 15) is 9.59 Å². The number of hydrogen-bond donors (Lipinski definition) is 1. The first kappa shape index (κ1) is 13.7. The minimum atomic E-state index is -0.447. The van der Waals surface area contributed by atoms with Gasteiger partial charge in [0.15, 0.2) is 0 Å². The summed E-state index contributed by atoms with van der Waals surface area (Å²) >= 11 is 0. The lowest BCUT2D eigenvalue weighted by Crippen LogP contribution is -2.17. The van der Waals surface area contributed by atoms with E-state index in [1.54, 1.807) is 24.5 Å². The van der Waals surface area contributed by atoms with Gasteiger partial charge in [-0.3, -0.25) is 14.6 Å². The fourth-order valence-corrected chi connectivity index (χ4v) is 1.66. The number of carbonyl (C=O) groups excluding carboxylic acids is 2. The maximum atomic E-state index is 11.4. The number of hydrogen-bond acceptors (Lipinski definition) is 5. The van der Waals surface area contributed by atoms with Crippen molar-refractivity contribution in [2.24, 2.45) is 0 Å². The summed E-state index contributed by atoms with van der Waals surface area (Å²) in [6, 6.07) is 5.31. The van der Waals surface area contributed by atoms with E-state index >= 15 is 0 Å². The van der Waals surface area contributed by atoms with Crippen LogP contribution in [0.1, 0.15) is 6.92 Å². The number of methoxy groups -OCH3 is 1. The molecular formula is C13H14N4O3. The first-order valence-electron chi connectivity index (χ1n) is 5.93. The molecule has 104 valence electrons. The summed E-state index contributed by atoms with van der Waals surface area (Å²) in [6.07, 6.45) is 3.31. The van der Waals surface area contributed by atoms with Gasteiger partial charge in [0.05, 0.1) is 12.8 Å². The van der Waals surface area contributed by atoms with Crippen LogP contribution in [0, 0.1) is 0 Å². The molecule has 7 nitrogen and oxygen atoms in total. The van der Waals surface area contributed by atoms with Crippen molar-refractivity contribution in [1.82, 2.24) is 14.8 Å². The second-order valence-electron chi connectivity index (χ2n) is 4.07. The summed E-state index contributed by atoms with van der Waals surface area (Å²) < 4.78 is 5.99. The van der Waals surface area contributed by atoms with E-state index in [2.05, 4.69) is 20.1 Å². The molecule has 2 aromatic rings. The Morgan fingerprint density at radius 2 is 2.25 bits per heavy atom. The molecule has 0 fully saturated rings. The maximum Gasteiger partial charge on any atom is 0.327 e. The molecule has 0 atom stereocenters. The monoisotopic (exact) mass is 274 g/mol. The van der Waals surface area contributed by atoms with Crippen molar-refractivity contribution in [1.29, 1.82) is 0 Å². The number of pyridine rings is 1. The zero-order valence-corrected chi connectivity index (χ0v) is 11.2. The Hall–Kier alpha value is -2.70. The van der Waals surface area contributed by atoms with Gasteiger partial charge >= 0.3 is 5.97 Å². The fourth-order valence-electron chi connectivity index (χ4n) is 1.66. The van der Waals surface area contributed by atoms with Crippen LogP contribution in [0.5, 0.6) is 0 Å². The molecule has 0 saturated carbocycles. The predicted molar refractivity (Wildman–Crippen MR) is 71.8 cm³/mol. The van der Waals surface area contributed by atoms with Crippen LogP contribution in [-0.2, 0) is 20.9 Å². The van der Waals surface area contributed by atoms with Gasteiger partial charge in [0.2, 0.25) is 5.91 Å². The molecule has 0 unspecified atom stereocenters. The zero-order chi connectivity index (χ0) is 14.5. The van der Waals surface area contributed by atoms with E-state index in [1.165, 1.54) is 18.7 Å². The van der Waals surface area contributed by atoms with Crippen molar-refractivity contribution in [2.45, 2.75) is 13.5 Å². The third kappa shape index (κ3) is 3.19. The van der Waals surface area contributed by atoms with Crippen LogP contribution in [0.15, 0.2) is 30.6 Å². The second kappa shape index (κ2) is 5.96. The third-order valence-electron chi connectivity index (χ3n) is 2.55. The number of nitrogens with zero attached hydrogens (tertiary/aromatic N) is 3. The molecule has 1 amide bonds. The first-order chi connectivity index (χ1) is 9.60. The molecule has 0 bridgehead atoms. The molecule has 2 heterocycles. The van der Waals surface area contributed by atoms with Gasteiger partial charge < -0.3 is 10.1 Å². The molecule has 0 radical (unpaired) electrons. The Morgan fingerprint density at radius 1 is 1.45 bits per heavy atom. The summed E-state index contributed by atoms with van der Waals surface area (Å²) in [5.41, 5.74) is 1.41. The van der Waals surface area contributed by atoms with Gasteiger partial charge in [-0.05, 0) is 12.1 Å². The summed E-state index contributed by atoms with van der Waals surface area (Å²) in [4.78, 5) is 26.6.